The monoisotopic (exact) mass is 308 g/mol. The summed E-state index contributed by atoms with van der Waals surface area (Å²) in [4.78, 5) is 38.0. The first-order valence-corrected chi connectivity index (χ1v) is 7.38. The van der Waals surface area contributed by atoms with Gasteiger partial charge in [0.25, 0.3) is 11.8 Å². The highest BCUT2D eigenvalue weighted by molar-refractivity contribution is 6.34. The number of anilines is 2. The minimum absolute atomic E-state index is 0.137. The second kappa shape index (κ2) is 5.68. The predicted molar refractivity (Wildman–Crippen MR) is 87.5 cm³/mol. The Morgan fingerprint density at radius 3 is 2.26 bits per heavy atom. The van der Waals surface area contributed by atoms with E-state index in [0.717, 1.165) is 4.90 Å². The van der Waals surface area contributed by atoms with E-state index in [-0.39, 0.29) is 23.6 Å². The molecule has 1 N–H and O–H groups in total. The maximum Gasteiger partial charge on any atom is 0.266 e. The number of nitrogens with one attached hydrogen (secondary N) is 1. The van der Waals surface area contributed by atoms with E-state index in [1.54, 1.807) is 56.3 Å². The van der Waals surface area contributed by atoms with Gasteiger partial charge in [-0.1, -0.05) is 32.0 Å². The molecule has 1 heterocycles. The first-order chi connectivity index (χ1) is 11.0. The van der Waals surface area contributed by atoms with Gasteiger partial charge in [0.1, 0.15) is 0 Å². The number of rotatable bonds is 3. The zero-order valence-corrected chi connectivity index (χ0v) is 12.9. The number of imide groups is 1. The van der Waals surface area contributed by atoms with Crippen LogP contribution in [0, 0.1) is 5.92 Å². The van der Waals surface area contributed by atoms with Gasteiger partial charge >= 0.3 is 0 Å². The number of amides is 3. The highest BCUT2D eigenvalue weighted by Gasteiger charge is 2.36. The zero-order valence-electron chi connectivity index (χ0n) is 12.9. The van der Waals surface area contributed by atoms with Crippen LogP contribution >= 0.6 is 0 Å². The van der Waals surface area contributed by atoms with Crippen molar-refractivity contribution in [1.82, 2.24) is 0 Å². The average molecular weight is 308 g/mol. The van der Waals surface area contributed by atoms with Crippen LogP contribution in [-0.2, 0) is 4.79 Å². The summed E-state index contributed by atoms with van der Waals surface area (Å²) in [5, 5.41) is 2.74. The molecule has 0 fully saturated rings. The average Bonchev–Trinajstić information content (AvgIpc) is 2.79. The van der Waals surface area contributed by atoms with Crippen LogP contribution in [0.4, 0.5) is 11.4 Å². The molecule has 5 nitrogen and oxygen atoms in total. The molecule has 2 aromatic carbocycles. The second-order valence-electron chi connectivity index (χ2n) is 5.69. The van der Waals surface area contributed by atoms with Gasteiger partial charge in [0.2, 0.25) is 5.91 Å². The molecular weight excluding hydrogens is 292 g/mol. The van der Waals surface area contributed by atoms with Crippen molar-refractivity contribution < 1.29 is 14.4 Å². The maximum atomic E-state index is 12.6. The van der Waals surface area contributed by atoms with Crippen LogP contribution in [0.25, 0.3) is 0 Å². The lowest BCUT2D eigenvalue weighted by Gasteiger charge is -2.13. The Balaban J connectivity index is 1.95. The third kappa shape index (κ3) is 2.61. The molecule has 0 saturated heterocycles. The van der Waals surface area contributed by atoms with E-state index < -0.39 is 0 Å². The first kappa shape index (κ1) is 15.0. The van der Waals surface area contributed by atoms with Crippen molar-refractivity contribution in [3.05, 3.63) is 59.7 Å². The van der Waals surface area contributed by atoms with E-state index in [9.17, 15) is 14.4 Å². The van der Waals surface area contributed by atoms with Gasteiger partial charge in [0.15, 0.2) is 0 Å². The van der Waals surface area contributed by atoms with E-state index in [1.165, 1.54) is 0 Å². The molecule has 1 aliphatic heterocycles. The van der Waals surface area contributed by atoms with Crippen molar-refractivity contribution in [2.75, 3.05) is 10.2 Å². The molecule has 0 spiro atoms. The van der Waals surface area contributed by atoms with Crippen LogP contribution in [0.15, 0.2) is 48.5 Å². The summed E-state index contributed by atoms with van der Waals surface area (Å²) in [5.41, 5.74) is 1.70. The van der Waals surface area contributed by atoms with Gasteiger partial charge in [0, 0.05) is 11.6 Å². The van der Waals surface area contributed by atoms with Gasteiger partial charge in [-0.2, -0.15) is 0 Å². The lowest BCUT2D eigenvalue weighted by molar-refractivity contribution is -0.118. The molecule has 116 valence electrons. The molecule has 0 bridgehead atoms. The molecule has 0 radical (unpaired) electrons. The summed E-state index contributed by atoms with van der Waals surface area (Å²) in [6, 6.07) is 13.6. The molecule has 0 aromatic heterocycles. The molecule has 23 heavy (non-hydrogen) atoms. The summed E-state index contributed by atoms with van der Waals surface area (Å²) >= 11 is 0. The number of para-hydroxylation sites is 1. The topological polar surface area (TPSA) is 66.5 Å². The Labute approximate surface area is 133 Å². The fourth-order valence-electron chi connectivity index (χ4n) is 2.42. The standard InChI is InChI=1S/C18H16N2O3/c1-11(2)16(21)19-12-8-9-14-15(10-12)18(23)20(17(14)22)13-6-4-3-5-7-13/h3-11H,1-2H3,(H,19,21). The van der Waals surface area contributed by atoms with Crippen molar-refractivity contribution in [1.29, 1.82) is 0 Å². The van der Waals surface area contributed by atoms with Crippen LogP contribution in [0.3, 0.4) is 0 Å². The van der Waals surface area contributed by atoms with E-state index in [0.29, 0.717) is 22.5 Å². The smallest absolute Gasteiger partial charge is 0.266 e. The first-order valence-electron chi connectivity index (χ1n) is 7.38. The summed E-state index contributed by atoms with van der Waals surface area (Å²) in [6.45, 7) is 3.57. The molecule has 2 aromatic rings. The molecule has 3 rings (SSSR count). The van der Waals surface area contributed by atoms with Crippen LogP contribution in [0.2, 0.25) is 0 Å². The highest BCUT2D eigenvalue weighted by Crippen LogP contribution is 2.30. The maximum absolute atomic E-state index is 12.6. The highest BCUT2D eigenvalue weighted by atomic mass is 16.2. The molecule has 0 aliphatic carbocycles. The number of hydrogen-bond acceptors (Lipinski definition) is 3. The van der Waals surface area contributed by atoms with Gasteiger partial charge in [-0.25, -0.2) is 4.90 Å². The number of nitrogens with zero attached hydrogens (tertiary/aromatic N) is 1. The Morgan fingerprint density at radius 1 is 0.957 bits per heavy atom. The quantitative estimate of drug-likeness (QED) is 0.886. The third-order valence-corrected chi connectivity index (χ3v) is 3.69. The van der Waals surface area contributed by atoms with Crippen molar-refractivity contribution in [3.63, 3.8) is 0 Å². The Hall–Kier alpha value is -2.95. The Kier molecular flexibility index (Phi) is 3.70. The molecule has 5 heteroatoms. The van der Waals surface area contributed by atoms with Gasteiger partial charge in [0.05, 0.1) is 16.8 Å². The largest absolute Gasteiger partial charge is 0.326 e. The number of hydrogen-bond donors (Lipinski definition) is 1. The fraction of sp³-hybridized carbons (Fsp3) is 0.167. The van der Waals surface area contributed by atoms with Crippen molar-refractivity contribution in [3.8, 4) is 0 Å². The number of carbonyl (C=O) groups is 3. The summed E-state index contributed by atoms with van der Waals surface area (Å²) in [7, 11) is 0. The summed E-state index contributed by atoms with van der Waals surface area (Å²) in [5.74, 6) is -1.03. The van der Waals surface area contributed by atoms with E-state index >= 15 is 0 Å². The van der Waals surface area contributed by atoms with Crippen molar-refractivity contribution >= 4 is 29.1 Å². The van der Waals surface area contributed by atoms with Crippen LogP contribution in [-0.4, -0.2) is 17.7 Å². The Bertz CT molecular complexity index is 797. The third-order valence-electron chi connectivity index (χ3n) is 3.69. The van der Waals surface area contributed by atoms with E-state index in [1.807, 2.05) is 6.07 Å². The number of benzene rings is 2. The van der Waals surface area contributed by atoms with Gasteiger partial charge in [-0.15, -0.1) is 0 Å². The zero-order chi connectivity index (χ0) is 16.6. The molecule has 1 aliphatic rings. The SMILES string of the molecule is CC(C)C(=O)Nc1ccc2c(c1)C(=O)N(c1ccccc1)C2=O. The lowest BCUT2D eigenvalue weighted by Crippen LogP contribution is -2.29. The normalized spacial score (nSPS) is 13.4. The molecular formula is C18H16N2O3. The van der Waals surface area contributed by atoms with Crippen LogP contribution in [0.1, 0.15) is 34.6 Å². The second-order valence-corrected chi connectivity index (χ2v) is 5.69. The summed E-state index contributed by atoms with van der Waals surface area (Å²) < 4.78 is 0. The minimum atomic E-state index is -0.378. The number of carbonyl (C=O) groups excluding carboxylic acids is 3. The molecule has 0 unspecified atom stereocenters. The fourth-order valence-corrected chi connectivity index (χ4v) is 2.42. The van der Waals surface area contributed by atoms with Gasteiger partial charge < -0.3 is 5.32 Å². The number of fused-ring (bicyclic) bond motifs is 1. The van der Waals surface area contributed by atoms with E-state index in [4.69, 9.17) is 0 Å². The van der Waals surface area contributed by atoms with Crippen molar-refractivity contribution in [2.45, 2.75) is 13.8 Å². The van der Waals surface area contributed by atoms with Crippen molar-refractivity contribution in [2.24, 2.45) is 5.92 Å². The Morgan fingerprint density at radius 2 is 1.61 bits per heavy atom. The lowest BCUT2D eigenvalue weighted by atomic mass is 10.1. The van der Waals surface area contributed by atoms with Gasteiger partial charge in [-0.05, 0) is 30.3 Å². The predicted octanol–water partition coefficient (Wildman–Crippen LogP) is 3.08. The summed E-state index contributed by atoms with van der Waals surface area (Å²) in [6.07, 6.45) is 0. The molecule has 3 amide bonds. The van der Waals surface area contributed by atoms with E-state index in [2.05, 4.69) is 5.32 Å². The van der Waals surface area contributed by atoms with Crippen LogP contribution < -0.4 is 10.2 Å². The molecule has 0 saturated carbocycles. The molecule has 0 atom stereocenters. The minimum Gasteiger partial charge on any atom is -0.326 e. The van der Waals surface area contributed by atoms with Crippen LogP contribution in [0.5, 0.6) is 0 Å². The van der Waals surface area contributed by atoms with Gasteiger partial charge in [-0.3, -0.25) is 14.4 Å².